The average molecular weight is 431 g/mol. The van der Waals surface area contributed by atoms with E-state index in [2.05, 4.69) is 29.2 Å². The Labute approximate surface area is 184 Å². The number of benzene rings is 1. The minimum absolute atomic E-state index is 0.0881. The molecule has 1 atom stereocenters. The lowest BCUT2D eigenvalue weighted by molar-refractivity contribution is -0.117. The second-order valence-corrected chi connectivity index (χ2v) is 7.52. The number of ether oxygens (including phenoxy) is 1. The van der Waals surface area contributed by atoms with Crippen LogP contribution in [0.25, 0.3) is 0 Å². The summed E-state index contributed by atoms with van der Waals surface area (Å²) in [7, 11) is 1.53. The van der Waals surface area contributed by atoms with E-state index >= 15 is 0 Å². The molecule has 0 aliphatic rings. The molecule has 1 heterocycles. The lowest BCUT2D eigenvalue weighted by atomic mass is 10.1. The van der Waals surface area contributed by atoms with Crippen molar-refractivity contribution in [3.63, 3.8) is 0 Å². The van der Waals surface area contributed by atoms with Crippen molar-refractivity contribution in [3.8, 4) is 5.75 Å². The fourth-order valence-electron chi connectivity index (χ4n) is 3.47. The summed E-state index contributed by atoms with van der Waals surface area (Å²) >= 11 is 0. The van der Waals surface area contributed by atoms with E-state index in [0.29, 0.717) is 22.9 Å². The first-order chi connectivity index (χ1) is 14.9. The minimum atomic E-state index is -0.327. The van der Waals surface area contributed by atoms with Gasteiger partial charge in [0, 0.05) is 12.1 Å². The van der Waals surface area contributed by atoms with Gasteiger partial charge in [0.25, 0.3) is 5.91 Å². The molecule has 0 fully saturated rings. The molecule has 8 heteroatoms. The predicted octanol–water partition coefficient (Wildman–Crippen LogP) is 3.58. The molecule has 0 saturated carbocycles. The van der Waals surface area contributed by atoms with E-state index in [1.165, 1.54) is 7.11 Å². The number of carbonyl (C=O) groups excluding carboxylic acids is 2. The van der Waals surface area contributed by atoms with Gasteiger partial charge in [-0.1, -0.05) is 31.1 Å². The highest BCUT2D eigenvalue weighted by Gasteiger charge is 2.26. The van der Waals surface area contributed by atoms with Gasteiger partial charge in [-0.3, -0.25) is 9.59 Å². The maximum atomic E-state index is 13.4. The monoisotopic (exact) mass is 430 g/mol. The maximum absolute atomic E-state index is 13.4. The second-order valence-electron chi connectivity index (χ2n) is 7.52. The molecule has 170 valence electrons. The molecule has 8 nitrogen and oxygen atoms in total. The lowest BCUT2D eigenvalue weighted by Gasteiger charge is -2.30. The van der Waals surface area contributed by atoms with Gasteiger partial charge in [-0.15, -0.1) is 0 Å². The van der Waals surface area contributed by atoms with E-state index in [-0.39, 0.29) is 24.4 Å². The predicted molar refractivity (Wildman–Crippen MR) is 120 cm³/mol. The van der Waals surface area contributed by atoms with Crippen LogP contribution in [0.5, 0.6) is 5.75 Å². The fourth-order valence-corrected chi connectivity index (χ4v) is 3.47. The van der Waals surface area contributed by atoms with Gasteiger partial charge in [0.05, 0.1) is 12.7 Å². The molecular formula is C23H34N4O4. The molecule has 0 radical (unpaired) electrons. The highest BCUT2D eigenvalue weighted by molar-refractivity contribution is 6.00. The van der Waals surface area contributed by atoms with Crippen molar-refractivity contribution in [2.75, 3.05) is 38.6 Å². The molecule has 0 spiro atoms. The van der Waals surface area contributed by atoms with Crippen LogP contribution in [0.2, 0.25) is 0 Å². The number of para-hydroxylation sites is 1. The van der Waals surface area contributed by atoms with E-state index in [4.69, 9.17) is 9.26 Å². The third kappa shape index (κ3) is 7.10. The molecule has 0 aliphatic carbocycles. The first kappa shape index (κ1) is 24.4. The Morgan fingerprint density at radius 3 is 2.55 bits per heavy atom. The number of aromatic nitrogens is 1. The Morgan fingerprint density at radius 2 is 1.94 bits per heavy atom. The van der Waals surface area contributed by atoms with Crippen LogP contribution in [-0.4, -0.2) is 66.1 Å². The second kappa shape index (κ2) is 12.1. The van der Waals surface area contributed by atoms with Gasteiger partial charge in [0.15, 0.2) is 5.82 Å². The Hall–Kier alpha value is -2.87. The number of nitrogens with zero attached hydrogens (tertiary/aromatic N) is 3. The number of nitrogens with one attached hydrogen (secondary N) is 1. The summed E-state index contributed by atoms with van der Waals surface area (Å²) in [5.74, 6) is 0.857. The van der Waals surface area contributed by atoms with Gasteiger partial charge >= 0.3 is 0 Å². The lowest BCUT2D eigenvalue weighted by Crippen LogP contribution is -2.44. The summed E-state index contributed by atoms with van der Waals surface area (Å²) in [6, 6.07) is 8.57. The van der Waals surface area contributed by atoms with Crippen LogP contribution in [0.4, 0.5) is 5.82 Å². The topological polar surface area (TPSA) is 87.9 Å². The summed E-state index contributed by atoms with van der Waals surface area (Å²) in [5, 5.41) is 6.49. The van der Waals surface area contributed by atoms with Gasteiger partial charge in [0.2, 0.25) is 5.91 Å². The molecule has 2 rings (SSSR count). The number of hydrogen-bond donors (Lipinski definition) is 1. The maximum Gasteiger partial charge on any atom is 0.258 e. The van der Waals surface area contributed by atoms with Crippen LogP contribution in [0.3, 0.4) is 0 Å². The Morgan fingerprint density at radius 1 is 1.23 bits per heavy atom. The van der Waals surface area contributed by atoms with Crippen molar-refractivity contribution in [2.45, 2.75) is 46.6 Å². The molecule has 31 heavy (non-hydrogen) atoms. The third-order valence-corrected chi connectivity index (χ3v) is 5.33. The summed E-state index contributed by atoms with van der Waals surface area (Å²) in [6.45, 7) is 10.9. The van der Waals surface area contributed by atoms with E-state index in [0.717, 1.165) is 32.5 Å². The van der Waals surface area contributed by atoms with Crippen molar-refractivity contribution < 1.29 is 18.8 Å². The highest BCUT2D eigenvalue weighted by atomic mass is 16.5. The number of hydrogen-bond acceptors (Lipinski definition) is 6. The van der Waals surface area contributed by atoms with Gasteiger partial charge in [-0.25, -0.2) is 0 Å². The van der Waals surface area contributed by atoms with Crippen LogP contribution in [0.1, 0.15) is 49.7 Å². The van der Waals surface area contributed by atoms with Crippen molar-refractivity contribution in [3.05, 3.63) is 41.7 Å². The highest BCUT2D eigenvalue weighted by Crippen LogP contribution is 2.22. The third-order valence-electron chi connectivity index (χ3n) is 5.33. The number of rotatable bonds is 12. The zero-order valence-corrected chi connectivity index (χ0v) is 19.2. The van der Waals surface area contributed by atoms with Crippen molar-refractivity contribution in [2.24, 2.45) is 0 Å². The molecule has 2 aromatic rings. The zero-order valence-electron chi connectivity index (χ0n) is 19.2. The van der Waals surface area contributed by atoms with E-state index < -0.39 is 0 Å². The Bertz CT molecular complexity index is 848. The molecule has 1 aromatic heterocycles. The summed E-state index contributed by atoms with van der Waals surface area (Å²) < 4.78 is 10.4. The molecule has 0 bridgehead atoms. The molecule has 1 aromatic carbocycles. The van der Waals surface area contributed by atoms with E-state index in [1.807, 2.05) is 13.0 Å². The molecule has 0 saturated heterocycles. The number of amides is 2. The van der Waals surface area contributed by atoms with Crippen LogP contribution in [0.15, 0.2) is 34.9 Å². The zero-order chi connectivity index (χ0) is 22.8. The summed E-state index contributed by atoms with van der Waals surface area (Å²) in [6.07, 6.45) is 1.72. The molecule has 1 N–H and O–H groups in total. The largest absolute Gasteiger partial charge is 0.496 e. The van der Waals surface area contributed by atoms with Crippen LogP contribution < -0.4 is 10.1 Å². The van der Waals surface area contributed by atoms with Crippen LogP contribution >= 0.6 is 0 Å². The average Bonchev–Trinajstić information content (AvgIpc) is 3.18. The Kier molecular flexibility index (Phi) is 9.52. The first-order valence-electron chi connectivity index (χ1n) is 10.8. The summed E-state index contributed by atoms with van der Waals surface area (Å²) in [5.41, 5.74) is 0.436. The quantitative estimate of drug-likeness (QED) is 0.554. The summed E-state index contributed by atoms with van der Waals surface area (Å²) in [4.78, 5) is 30.0. The van der Waals surface area contributed by atoms with Gasteiger partial charge in [-0.2, -0.15) is 0 Å². The fraction of sp³-hybridized carbons (Fsp3) is 0.522. The Balaban J connectivity index is 2.15. The van der Waals surface area contributed by atoms with Gasteiger partial charge < -0.3 is 24.4 Å². The first-order valence-corrected chi connectivity index (χ1v) is 10.8. The number of aryl methyl sites for hydroxylation is 1. The van der Waals surface area contributed by atoms with Crippen LogP contribution in [-0.2, 0) is 4.79 Å². The standard InChI is InChI=1S/C23H34N4O4/c1-6-26(7-2)14-10-11-17(3)27(16-22(28)24-21-15-18(4)31-25-21)23(29)19-12-8-9-13-20(19)30-5/h8-9,12-13,15,17H,6-7,10-11,14,16H2,1-5H3,(H,24,25,28)/t17-/m1/s1. The SMILES string of the molecule is CCN(CC)CCC[C@@H](C)N(CC(=O)Nc1cc(C)on1)C(=O)c1ccccc1OC. The number of carbonyl (C=O) groups is 2. The van der Waals surface area contributed by atoms with Crippen LogP contribution in [0, 0.1) is 6.92 Å². The van der Waals surface area contributed by atoms with E-state index in [9.17, 15) is 9.59 Å². The van der Waals surface area contributed by atoms with Crippen molar-refractivity contribution >= 4 is 17.6 Å². The molecule has 2 amide bonds. The normalized spacial score (nSPS) is 11.9. The van der Waals surface area contributed by atoms with E-state index in [1.54, 1.807) is 36.1 Å². The molecule has 0 aliphatic heterocycles. The van der Waals surface area contributed by atoms with Crippen molar-refractivity contribution in [1.29, 1.82) is 0 Å². The molecular weight excluding hydrogens is 396 g/mol. The minimum Gasteiger partial charge on any atom is -0.496 e. The molecule has 0 unspecified atom stereocenters. The smallest absolute Gasteiger partial charge is 0.258 e. The number of methoxy groups -OCH3 is 1. The van der Waals surface area contributed by atoms with Gasteiger partial charge in [-0.05, 0) is 58.5 Å². The number of anilines is 1. The van der Waals surface area contributed by atoms with Gasteiger partial charge in [0.1, 0.15) is 18.1 Å². The van der Waals surface area contributed by atoms with Crippen molar-refractivity contribution in [1.82, 2.24) is 15.0 Å².